The average molecular weight is 657 g/mol. The topological polar surface area (TPSA) is 16.4 Å². The molecule has 3 aromatic rings. The van der Waals surface area contributed by atoms with Crippen LogP contribution in [0.4, 0.5) is 5.69 Å². The van der Waals surface area contributed by atoms with Crippen molar-refractivity contribution in [2.75, 3.05) is 18.6 Å². The third-order valence-corrected chi connectivity index (χ3v) is 9.34. The van der Waals surface area contributed by atoms with Gasteiger partial charge in [0.1, 0.15) is 17.0 Å². The van der Waals surface area contributed by atoms with Gasteiger partial charge in [-0.3, -0.25) is 0 Å². The number of thiazole rings is 1. The number of methoxy groups -OCH3 is 1. The molecule has 0 saturated carbocycles. The molecule has 0 bridgehead atoms. The number of aryl methyl sites for hydroxylation is 2. The maximum Gasteiger partial charge on any atom is 0.263 e. The summed E-state index contributed by atoms with van der Waals surface area (Å²) in [7, 11) is 1.75. The van der Waals surface area contributed by atoms with Crippen LogP contribution in [-0.2, 0) is 6.54 Å². The Balaban J connectivity index is 0.00000336. The number of hydrogen-bond donors (Lipinski definition) is 0. The molecule has 1 aromatic heterocycles. The number of thioether (sulfide) groups is 1. The first-order valence-corrected chi connectivity index (χ1v) is 14.8. The number of allylic oxidation sites excluding steroid dienone is 6. The number of fused-ring (bicyclic) bond motifs is 2. The molecular weight excluding hydrogens is 619 g/mol. The number of halogens is 1. The van der Waals surface area contributed by atoms with Gasteiger partial charge in [-0.05, 0) is 73.9 Å². The van der Waals surface area contributed by atoms with Gasteiger partial charge in [-0.1, -0.05) is 67.3 Å². The van der Waals surface area contributed by atoms with Crippen molar-refractivity contribution in [2.24, 2.45) is 5.41 Å². The van der Waals surface area contributed by atoms with E-state index in [2.05, 4.69) is 111 Å². The predicted octanol–water partition coefficient (Wildman–Crippen LogP) is 5.69. The molecule has 1 aliphatic carbocycles. The molecule has 0 saturated heterocycles. The monoisotopic (exact) mass is 656 g/mol. The quantitative estimate of drug-likeness (QED) is 0.251. The molecule has 0 spiro atoms. The van der Waals surface area contributed by atoms with Gasteiger partial charge in [0, 0.05) is 29.6 Å². The number of rotatable bonds is 6. The van der Waals surface area contributed by atoms with E-state index in [-0.39, 0.29) is 29.4 Å². The highest BCUT2D eigenvalue weighted by molar-refractivity contribution is 8.03. The number of nitrogens with zero attached hydrogens (tertiary/aromatic N) is 2. The van der Waals surface area contributed by atoms with Crippen molar-refractivity contribution in [2.45, 2.75) is 58.9 Å². The highest BCUT2D eigenvalue weighted by atomic mass is 127. The molecular formula is C32H37IN2OS2. The summed E-state index contributed by atoms with van der Waals surface area (Å²) in [6, 6.07) is 13.1. The molecule has 3 nitrogen and oxygen atoms in total. The van der Waals surface area contributed by atoms with Gasteiger partial charge in [0.15, 0.2) is 0 Å². The Morgan fingerprint density at radius 3 is 2.66 bits per heavy atom. The van der Waals surface area contributed by atoms with Crippen LogP contribution in [0.2, 0.25) is 0 Å². The van der Waals surface area contributed by atoms with Crippen molar-refractivity contribution in [3.63, 3.8) is 0 Å². The maximum atomic E-state index is 5.59. The number of para-hydroxylation sites is 1. The molecule has 2 aliphatic rings. The Morgan fingerprint density at radius 2 is 1.92 bits per heavy atom. The zero-order valence-corrected chi connectivity index (χ0v) is 27.0. The SMILES string of the molecule is CCN1C(=CC=CC2=CC(=Cc3sc4cc(OC)c(C)cc4[n+]3CC)CC(C)(C)C2)Sc2ccccc21.[I-]. The van der Waals surface area contributed by atoms with Gasteiger partial charge in [-0.2, -0.15) is 4.57 Å². The van der Waals surface area contributed by atoms with Crippen LogP contribution in [0.5, 0.6) is 5.75 Å². The molecule has 0 fully saturated rings. The Kier molecular flexibility index (Phi) is 9.15. The normalized spacial score (nSPS) is 18.8. The second-order valence-electron chi connectivity index (χ2n) is 10.6. The van der Waals surface area contributed by atoms with E-state index >= 15 is 0 Å². The van der Waals surface area contributed by atoms with E-state index in [1.54, 1.807) is 7.11 Å². The minimum atomic E-state index is 0. The van der Waals surface area contributed by atoms with Crippen LogP contribution < -0.4 is 38.2 Å². The van der Waals surface area contributed by atoms with Crippen LogP contribution in [0.25, 0.3) is 16.3 Å². The molecule has 0 atom stereocenters. The number of ether oxygens (including phenoxy) is 1. The van der Waals surface area contributed by atoms with Crippen molar-refractivity contribution in [1.29, 1.82) is 0 Å². The summed E-state index contributed by atoms with van der Waals surface area (Å²) < 4.78 is 9.30. The number of benzene rings is 2. The Morgan fingerprint density at radius 1 is 1.13 bits per heavy atom. The van der Waals surface area contributed by atoms with E-state index in [1.165, 1.54) is 47.5 Å². The molecule has 200 valence electrons. The van der Waals surface area contributed by atoms with E-state index in [1.807, 2.05) is 23.1 Å². The highest BCUT2D eigenvalue weighted by Gasteiger charge is 2.27. The van der Waals surface area contributed by atoms with Crippen molar-refractivity contribution < 1.29 is 33.3 Å². The molecule has 1 aliphatic heterocycles. The molecule has 5 rings (SSSR count). The van der Waals surface area contributed by atoms with Crippen LogP contribution >= 0.6 is 23.1 Å². The molecule has 2 aromatic carbocycles. The third-order valence-electron chi connectivity index (χ3n) is 7.11. The smallest absolute Gasteiger partial charge is 0.263 e. The first-order chi connectivity index (χ1) is 17.8. The highest BCUT2D eigenvalue weighted by Crippen LogP contribution is 2.45. The largest absolute Gasteiger partial charge is 1.00 e. The Bertz CT molecular complexity index is 1460. The summed E-state index contributed by atoms with van der Waals surface area (Å²) in [5.41, 5.74) is 6.81. The fraction of sp³-hybridized carbons (Fsp3) is 0.344. The van der Waals surface area contributed by atoms with Gasteiger partial charge in [-0.25, -0.2) is 0 Å². The molecule has 0 radical (unpaired) electrons. The standard InChI is InChI=1S/C32H37N2OS2.HI/c1-7-33-25-13-9-10-14-28(25)36-30(33)15-11-12-23-17-24(21-32(4,5)20-23)18-31-34(8-2)26-16-22(3)27(35-6)19-29(26)37-31;/h9-19H,7-8,20-21H2,1-6H3;1H/q+1;/p-1. The number of anilines is 1. The Labute approximate surface area is 253 Å². The summed E-state index contributed by atoms with van der Waals surface area (Å²) >= 11 is 3.72. The first kappa shape index (κ1) is 29.0. The fourth-order valence-electron chi connectivity index (χ4n) is 5.51. The van der Waals surface area contributed by atoms with Crippen molar-refractivity contribution in [3.8, 4) is 5.75 Å². The lowest BCUT2D eigenvalue weighted by molar-refractivity contribution is -0.665. The number of aromatic nitrogens is 1. The average Bonchev–Trinajstić information content (AvgIpc) is 3.38. The summed E-state index contributed by atoms with van der Waals surface area (Å²) in [4.78, 5) is 3.74. The summed E-state index contributed by atoms with van der Waals surface area (Å²) in [6.45, 7) is 13.3. The van der Waals surface area contributed by atoms with E-state index in [0.29, 0.717) is 0 Å². The van der Waals surface area contributed by atoms with E-state index in [4.69, 9.17) is 4.74 Å². The third kappa shape index (κ3) is 5.92. The van der Waals surface area contributed by atoms with Crippen molar-refractivity contribution >= 4 is 45.1 Å². The van der Waals surface area contributed by atoms with Crippen LogP contribution in [-0.4, -0.2) is 13.7 Å². The lowest BCUT2D eigenvalue weighted by atomic mass is 9.75. The molecule has 2 heterocycles. The fourth-order valence-corrected chi connectivity index (χ4v) is 7.86. The lowest BCUT2D eigenvalue weighted by Gasteiger charge is -2.30. The number of hydrogen-bond acceptors (Lipinski definition) is 4. The van der Waals surface area contributed by atoms with Crippen LogP contribution in [0.15, 0.2) is 81.8 Å². The lowest BCUT2D eigenvalue weighted by Crippen LogP contribution is -3.00. The minimum Gasteiger partial charge on any atom is -1.00 e. The van der Waals surface area contributed by atoms with Crippen LogP contribution in [0.3, 0.4) is 0 Å². The molecule has 6 heteroatoms. The molecule has 0 N–H and O–H groups in total. The summed E-state index contributed by atoms with van der Waals surface area (Å²) in [6.07, 6.45) is 13.8. The van der Waals surface area contributed by atoms with Crippen LogP contribution in [0, 0.1) is 12.3 Å². The van der Waals surface area contributed by atoms with Gasteiger partial charge < -0.3 is 33.6 Å². The van der Waals surface area contributed by atoms with Gasteiger partial charge in [0.2, 0.25) is 5.52 Å². The zero-order valence-electron chi connectivity index (χ0n) is 23.2. The molecule has 0 amide bonds. The maximum absolute atomic E-state index is 5.59. The van der Waals surface area contributed by atoms with Crippen molar-refractivity contribution in [1.82, 2.24) is 0 Å². The minimum absolute atomic E-state index is 0. The zero-order chi connectivity index (χ0) is 26.2. The van der Waals surface area contributed by atoms with Gasteiger partial charge in [0.25, 0.3) is 5.01 Å². The van der Waals surface area contributed by atoms with E-state index < -0.39 is 0 Å². The van der Waals surface area contributed by atoms with Gasteiger partial charge in [-0.15, -0.1) is 0 Å². The first-order valence-electron chi connectivity index (χ1n) is 13.2. The molecule has 0 unspecified atom stereocenters. The summed E-state index contributed by atoms with van der Waals surface area (Å²) in [5.74, 6) is 0.960. The Hall–Kier alpha value is -2.03. The van der Waals surface area contributed by atoms with Gasteiger partial charge >= 0.3 is 0 Å². The molecule has 38 heavy (non-hydrogen) atoms. The van der Waals surface area contributed by atoms with Gasteiger partial charge in [0.05, 0.1) is 17.8 Å². The van der Waals surface area contributed by atoms with Crippen LogP contribution in [0.1, 0.15) is 51.1 Å². The second kappa shape index (κ2) is 12.0. The second-order valence-corrected chi connectivity index (χ2v) is 12.7. The summed E-state index contributed by atoms with van der Waals surface area (Å²) in [5, 5.41) is 2.60. The van der Waals surface area contributed by atoms with E-state index in [9.17, 15) is 0 Å². The predicted molar refractivity (Wildman–Crippen MR) is 161 cm³/mol. The van der Waals surface area contributed by atoms with Crippen molar-refractivity contribution in [3.05, 3.63) is 87.4 Å². The van der Waals surface area contributed by atoms with E-state index in [0.717, 1.165) is 31.7 Å².